The van der Waals surface area contributed by atoms with E-state index >= 15 is 0 Å². The summed E-state index contributed by atoms with van der Waals surface area (Å²) in [6, 6.07) is 3.55. The molecule has 0 aliphatic carbocycles. The second kappa shape index (κ2) is 3.07. The molecular weight excluding hydrogens is 212 g/mol. The Morgan fingerprint density at radius 3 is 2.80 bits per heavy atom. The summed E-state index contributed by atoms with van der Waals surface area (Å²) < 4.78 is 0.748. The Morgan fingerprint density at radius 2 is 2.40 bits per heavy atom. The molecule has 10 heavy (non-hydrogen) atoms. The second-order valence-corrected chi connectivity index (χ2v) is 2.98. The summed E-state index contributed by atoms with van der Waals surface area (Å²) in [6.45, 7) is 0. The summed E-state index contributed by atoms with van der Waals surface area (Å²) in [4.78, 5) is 4.32. The van der Waals surface area contributed by atoms with Crippen molar-refractivity contribution in [3.63, 3.8) is 0 Å². The van der Waals surface area contributed by atoms with Gasteiger partial charge in [0.2, 0.25) is 0 Å². The molecule has 1 rings (SSSR count). The molecule has 0 spiro atoms. The largest absolute Gasteiger partial charge is 0.389 e. The Hall–Kier alpha value is -0.480. The maximum atomic E-state index is 5.37. The van der Waals surface area contributed by atoms with Gasteiger partial charge in [-0.2, -0.15) is 0 Å². The molecular formula is C6H5BrN2S. The lowest BCUT2D eigenvalue weighted by atomic mass is 10.3. The SMILES string of the molecule is NC(=S)c1ccnc(Br)c1. The molecule has 52 valence electrons. The Bertz CT molecular complexity index is 262. The van der Waals surface area contributed by atoms with Gasteiger partial charge in [-0.3, -0.25) is 0 Å². The lowest BCUT2D eigenvalue weighted by molar-refractivity contribution is 1.27. The van der Waals surface area contributed by atoms with Gasteiger partial charge in [0.25, 0.3) is 0 Å². The summed E-state index contributed by atoms with van der Waals surface area (Å²) in [5.41, 5.74) is 6.20. The predicted molar refractivity (Wildman–Crippen MR) is 47.8 cm³/mol. The lowest BCUT2D eigenvalue weighted by Crippen LogP contribution is -2.08. The summed E-state index contributed by atoms with van der Waals surface area (Å²) in [5, 5.41) is 0. The first-order valence-electron chi connectivity index (χ1n) is 2.61. The Morgan fingerprint density at radius 1 is 1.70 bits per heavy atom. The molecule has 1 heterocycles. The molecule has 0 saturated heterocycles. The van der Waals surface area contributed by atoms with Crippen molar-refractivity contribution in [1.82, 2.24) is 4.98 Å². The average molecular weight is 217 g/mol. The van der Waals surface area contributed by atoms with Crippen LogP contribution >= 0.6 is 28.1 Å². The molecule has 0 radical (unpaired) electrons. The number of nitrogens with zero attached hydrogens (tertiary/aromatic N) is 1. The Kier molecular flexibility index (Phi) is 2.34. The summed E-state index contributed by atoms with van der Waals surface area (Å²) in [5.74, 6) is 0. The standard InChI is InChI=1S/C6H5BrN2S/c7-5-3-4(6(8)10)1-2-9-5/h1-3H,(H2,8,10). The van der Waals surface area contributed by atoms with Crippen LogP contribution in [0, 0.1) is 0 Å². The molecule has 0 bridgehead atoms. The van der Waals surface area contributed by atoms with E-state index in [0.717, 1.165) is 10.2 Å². The fraction of sp³-hybridized carbons (Fsp3) is 0. The first kappa shape index (κ1) is 7.63. The molecule has 0 atom stereocenters. The number of thiocarbonyl (C=S) groups is 1. The minimum atomic E-state index is 0.392. The van der Waals surface area contributed by atoms with E-state index in [4.69, 9.17) is 18.0 Å². The van der Waals surface area contributed by atoms with Crippen molar-refractivity contribution in [2.45, 2.75) is 0 Å². The van der Waals surface area contributed by atoms with Gasteiger partial charge in [0.05, 0.1) is 0 Å². The molecule has 1 aromatic rings. The highest BCUT2D eigenvalue weighted by Gasteiger charge is 1.94. The minimum Gasteiger partial charge on any atom is -0.389 e. The van der Waals surface area contributed by atoms with E-state index in [0.29, 0.717) is 4.99 Å². The number of rotatable bonds is 1. The zero-order valence-corrected chi connectivity index (χ0v) is 7.45. The van der Waals surface area contributed by atoms with Gasteiger partial charge >= 0.3 is 0 Å². The second-order valence-electron chi connectivity index (χ2n) is 1.73. The number of pyridine rings is 1. The Balaban J connectivity index is 3.07. The number of aromatic nitrogens is 1. The fourth-order valence-electron chi connectivity index (χ4n) is 0.556. The summed E-state index contributed by atoms with van der Waals surface area (Å²) in [6.07, 6.45) is 1.65. The van der Waals surface area contributed by atoms with Crippen molar-refractivity contribution in [2.24, 2.45) is 5.73 Å². The van der Waals surface area contributed by atoms with E-state index in [1.165, 1.54) is 0 Å². The third kappa shape index (κ3) is 1.75. The van der Waals surface area contributed by atoms with Gasteiger partial charge in [-0.25, -0.2) is 4.98 Å². The van der Waals surface area contributed by atoms with Crippen LogP contribution < -0.4 is 5.73 Å². The summed E-state index contributed by atoms with van der Waals surface area (Å²) in [7, 11) is 0. The maximum Gasteiger partial charge on any atom is 0.106 e. The highest BCUT2D eigenvalue weighted by atomic mass is 79.9. The fourth-order valence-corrected chi connectivity index (χ4v) is 1.05. The van der Waals surface area contributed by atoms with Crippen molar-refractivity contribution >= 4 is 33.1 Å². The van der Waals surface area contributed by atoms with Crippen molar-refractivity contribution in [3.8, 4) is 0 Å². The van der Waals surface area contributed by atoms with Crippen molar-refractivity contribution in [2.75, 3.05) is 0 Å². The Labute approximate surface area is 72.6 Å². The number of hydrogen-bond donors (Lipinski definition) is 1. The molecule has 1 aromatic heterocycles. The molecule has 2 N–H and O–H groups in total. The topological polar surface area (TPSA) is 38.9 Å². The normalized spacial score (nSPS) is 9.30. The van der Waals surface area contributed by atoms with Crippen LogP contribution in [-0.4, -0.2) is 9.97 Å². The quantitative estimate of drug-likeness (QED) is 0.572. The smallest absolute Gasteiger partial charge is 0.106 e. The van der Waals surface area contributed by atoms with Crippen LogP contribution in [0.4, 0.5) is 0 Å². The van der Waals surface area contributed by atoms with Crippen molar-refractivity contribution in [3.05, 3.63) is 28.5 Å². The third-order valence-electron chi connectivity index (χ3n) is 1.01. The van der Waals surface area contributed by atoms with Gasteiger partial charge in [-0.05, 0) is 28.1 Å². The first-order chi connectivity index (χ1) is 4.70. The summed E-state index contributed by atoms with van der Waals surface area (Å²) >= 11 is 7.95. The predicted octanol–water partition coefficient (Wildman–Crippen LogP) is 1.48. The van der Waals surface area contributed by atoms with E-state index in [1.807, 2.05) is 0 Å². The van der Waals surface area contributed by atoms with Crippen LogP contribution in [0.5, 0.6) is 0 Å². The van der Waals surface area contributed by atoms with Crippen LogP contribution in [0.25, 0.3) is 0 Å². The minimum absolute atomic E-state index is 0.392. The first-order valence-corrected chi connectivity index (χ1v) is 3.81. The third-order valence-corrected chi connectivity index (χ3v) is 1.68. The zero-order valence-electron chi connectivity index (χ0n) is 5.04. The van der Waals surface area contributed by atoms with E-state index in [9.17, 15) is 0 Å². The molecule has 0 saturated carbocycles. The van der Waals surface area contributed by atoms with Crippen LogP contribution in [0.3, 0.4) is 0 Å². The van der Waals surface area contributed by atoms with Gasteiger partial charge in [0.1, 0.15) is 9.59 Å². The lowest BCUT2D eigenvalue weighted by Gasteiger charge is -1.95. The monoisotopic (exact) mass is 216 g/mol. The molecule has 0 fully saturated rings. The van der Waals surface area contributed by atoms with E-state index in [1.54, 1.807) is 18.3 Å². The number of nitrogens with two attached hydrogens (primary N) is 1. The molecule has 4 heteroatoms. The van der Waals surface area contributed by atoms with Crippen molar-refractivity contribution in [1.29, 1.82) is 0 Å². The van der Waals surface area contributed by atoms with E-state index in [2.05, 4.69) is 20.9 Å². The maximum absolute atomic E-state index is 5.37. The average Bonchev–Trinajstić information content (AvgIpc) is 1.88. The molecule has 0 aliphatic rings. The van der Waals surface area contributed by atoms with Crippen LogP contribution in [0.2, 0.25) is 0 Å². The number of halogens is 1. The van der Waals surface area contributed by atoms with Crippen molar-refractivity contribution < 1.29 is 0 Å². The van der Waals surface area contributed by atoms with E-state index < -0.39 is 0 Å². The van der Waals surface area contributed by atoms with Crippen LogP contribution in [-0.2, 0) is 0 Å². The highest BCUT2D eigenvalue weighted by Crippen LogP contribution is 2.07. The molecule has 0 aromatic carbocycles. The van der Waals surface area contributed by atoms with Gasteiger partial charge in [0, 0.05) is 11.8 Å². The van der Waals surface area contributed by atoms with Gasteiger partial charge < -0.3 is 5.73 Å². The van der Waals surface area contributed by atoms with Gasteiger partial charge in [-0.1, -0.05) is 12.2 Å². The van der Waals surface area contributed by atoms with Crippen LogP contribution in [0.15, 0.2) is 22.9 Å². The molecule has 0 unspecified atom stereocenters. The van der Waals surface area contributed by atoms with Gasteiger partial charge in [-0.15, -0.1) is 0 Å². The van der Waals surface area contributed by atoms with E-state index in [-0.39, 0.29) is 0 Å². The molecule has 2 nitrogen and oxygen atoms in total. The molecule has 0 aliphatic heterocycles. The van der Waals surface area contributed by atoms with Crippen LogP contribution in [0.1, 0.15) is 5.56 Å². The highest BCUT2D eigenvalue weighted by molar-refractivity contribution is 9.10. The zero-order chi connectivity index (χ0) is 7.56. The molecule has 0 amide bonds. The number of hydrogen-bond acceptors (Lipinski definition) is 2. The van der Waals surface area contributed by atoms with Gasteiger partial charge in [0.15, 0.2) is 0 Å².